The van der Waals surface area contributed by atoms with Crippen molar-refractivity contribution < 1.29 is 9.47 Å². The highest BCUT2D eigenvalue weighted by molar-refractivity contribution is 5.27. The zero-order valence-electron chi connectivity index (χ0n) is 12.3. The van der Waals surface area contributed by atoms with Crippen LogP contribution >= 0.6 is 0 Å². The van der Waals surface area contributed by atoms with Crippen molar-refractivity contribution in [2.24, 2.45) is 0 Å². The fourth-order valence-electron chi connectivity index (χ4n) is 1.87. The summed E-state index contributed by atoms with van der Waals surface area (Å²) < 4.78 is 11.1. The van der Waals surface area contributed by atoms with E-state index >= 15 is 0 Å². The SMILES string of the molecule is CCOC(Cc1ccc(C(C)(C)C)cc1)OCC. The predicted molar refractivity (Wildman–Crippen MR) is 75.9 cm³/mol. The first kappa shape index (κ1) is 15.2. The van der Waals surface area contributed by atoms with Crippen LogP contribution in [0.2, 0.25) is 0 Å². The molecule has 2 heteroatoms. The summed E-state index contributed by atoms with van der Waals surface area (Å²) in [5, 5.41) is 0. The molecular formula is C16H26O2. The van der Waals surface area contributed by atoms with Gasteiger partial charge in [-0.3, -0.25) is 0 Å². The number of benzene rings is 1. The summed E-state index contributed by atoms with van der Waals surface area (Å²) in [6, 6.07) is 8.74. The summed E-state index contributed by atoms with van der Waals surface area (Å²) in [5.74, 6) is 0. The molecular weight excluding hydrogens is 224 g/mol. The Hall–Kier alpha value is -0.860. The van der Waals surface area contributed by atoms with E-state index in [2.05, 4.69) is 45.0 Å². The van der Waals surface area contributed by atoms with Crippen LogP contribution in [0.25, 0.3) is 0 Å². The first-order valence-corrected chi connectivity index (χ1v) is 6.80. The largest absolute Gasteiger partial charge is 0.353 e. The van der Waals surface area contributed by atoms with Crippen LogP contribution in [-0.4, -0.2) is 19.5 Å². The predicted octanol–water partition coefficient (Wildman–Crippen LogP) is 3.93. The van der Waals surface area contributed by atoms with Gasteiger partial charge in [-0.05, 0) is 30.4 Å². The second-order valence-corrected chi connectivity index (χ2v) is 5.49. The van der Waals surface area contributed by atoms with Crippen LogP contribution in [0.15, 0.2) is 24.3 Å². The average molecular weight is 250 g/mol. The van der Waals surface area contributed by atoms with E-state index in [1.54, 1.807) is 0 Å². The summed E-state index contributed by atoms with van der Waals surface area (Å²) in [4.78, 5) is 0. The standard InChI is InChI=1S/C16H26O2/c1-6-17-15(18-7-2)12-13-8-10-14(11-9-13)16(3,4)5/h8-11,15H,6-7,12H2,1-5H3. The molecule has 1 rings (SSSR count). The summed E-state index contributed by atoms with van der Waals surface area (Å²) in [6.45, 7) is 12.0. The van der Waals surface area contributed by atoms with Crippen LogP contribution in [0.3, 0.4) is 0 Å². The van der Waals surface area contributed by atoms with E-state index in [0.717, 1.165) is 6.42 Å². The van der Waals surface area contributed by atoms with Gasteiger partial charge in [0.1, 0.15) is 0 Å². The Balaban J connectivity index is 2.67. The van der Waals surface area contributed by atoms with Crippen LogP contribution in [0.1, 0.15) is 45.7 Å². The molecule has 0 saturated heterocycles. The van der Waals surface area contributed by atoms with Crippen LogP contribution in [0, 0.1) is 0 Å². The minimum Gasteiger partial charge on any atom is -0.353 e. The van der Waals surface area contributed by atoms with Gasteiger partial charge in [0.15, 0.2) is 6.29 Å². The first-order chi connectivity index (χ1) is 8.47. The molecule has 0 saturated carbocycles. The molecule has 0 radical (unpaired) electrons. The Kier molecular flexibility index (Phi) is 5.83. The van der Waals surface area contributed by atoms with Crippen LogP contribution in [0.5, 0.6) is 0 Å². The van der Waals surface area contributed by atoms with Crippen molar-refractivity contribution >= 4 is 0 Å². The Morgan fingerprint density at radius 3 is 1.83 bits per heavy atom. The van der Waals surface area contributed by atoms with Crippen molar-refractivity contribution in [3.8, 4) is 0 Å². The Morgan fingerprint density at radius 1 is 0.944 bits per heavy atom. The Bertz CT molecular complexity index is 329. The lowest BCUT2D eigenvalue weighted by Crippen LogP contribution is -2.20. The van der Waals surface area contributed by atoms with Gasteiger partial charge in [-0.2, -0.15) is 0 Å². The Labute approximate surface area is 111 Å². The molecule has 0 aliphatic heterocycles. The molecule has 0 heterocycles. The van der Waals surface area contributed by atoms with Crippen LogP contribution in [0.4, 0.5) is 0 Å². The van der Waals surface area contributed by atoms with Crippen molar-refractivity contribution in [3.63, 3.8) is 0 Å². The lowest BCUT2D eigenvalue weighted by Gasteiger charge is -2.20. The van der Waals surface area contributed by atoms with Crippen molar-refractivity contribution in [2.45, 2.75) is 52.7 Å². The second-order valence-electron chi connectivity index (χ2n) is 5.49. The lowest BCUT2D eigenvalue weighted by molar-refractivity contribution is -0.134. The van der Waals surface area contributed by atoms with E-state index in [-0.39, 0.29) is 11.7 Å². The zero-order valence-corrected chi connectivity index (χ0v) is 12.3. The van der Waals surface area contributed by atoms with Crippen molar-refractivity contribution in [1.82, 2.24) is 0 Å². The molecule has 0 aliphatic rings. The third kappa shape index (κ3) is 4.79. The van der Waals surface area contributed by atoms with Crippen molar-refractivity contribution in [2.75, 3.05) is 13.2 Å². The van der Waals surface area contributed by atoms with Gasteiger partial charge in [-0.25, -0.2) is 0 Å². The van der Waals surface area contributed by atoms with Gasteiger partial charge < -0.3 is 9.47 Å². The molecule has 0 spiro atoms. The van der Waals surface area contributed by atoms with Gasteiger partial charge >= 0.3 is 0 Å². The fourth-order valence-corrected chi connectivity index (χ4v) is 1.87. The molecule has 102 valence electrons. The van der Waals surface area contributed by atoms with Gasteiger partial charge in [0, 0.05) is 19.6 Å². The van der Waals surface area contributed by atoms with E-state index < -0.39 is 0 Å². The minimum atomic E-state index is -0.125. The summed E-state index contributed by atoms with van der Waals surface area (Å²) >= 11 is 0. The number of ether oxygens (including phenoxy) is 2. The normalized spacial score (nSPS) is 12.1. The maximum absolute atomic E-state index is 5.56. The lowest BCUT2D eigenvalue weighted by atomic mass is 9.86. The molecule has 0 atom stereocenters. The molecule has 0 N–H and O–H groups in total. The summed E-state index contributed by atoms with van der Waals surface area (Å²) in [6.07, 6.45) is 0.687. The smallest absolute Gasteiger partial charge is 0.161 e. The van der Waals surface area contributed by atoms with E-state index in [0.29, 0.717) is 13.2 Å². The average Bonchev–Trinajstić information content (AvgIpc) is 2.29. The quantitative estimate of drug-likeness (QED) is 0.712. The third-order valence-electron chi connectivity index (χ3n) is 2.93. The number of hydrogen-bond donors (Lipinski definition) is 0. The molecule has 2 nitrogen and oxygen atoms in total. The molecule has 0 aliphatic carbocycles. The van der Waals surface area contributed by atoms with Crippen LogP contribution in [-0.2, 0) is 21.3 Å². The molecule has 0 aromatic heterocycles. The Morgan fingerprint density at radius 2 is 1.44 bits per heavy atom. The molecule has 1 aromatic carbocycles. The summed E-state index contributed by atoms with van der Waals surface area (Å²) in [5.41, 5.74) is 2.82. The van der Waals surface area contributed by atoms with Gasteiger partial charge in [-0.1, -0.05) is 45.0 Å². The van der Waals surface area contributed by atoms with E-state index in [4.69, 9.17) is 9.47 Å². The highest BCUT2D eigenvalue weighted by atomic mass is 16.7. The van der Waals surface area contributed by atoms with Crippen LogP contribution < -0.4 is 0 Å². The molecule has 0 bridgehead atoms. The molecule has 1 aromatic rings. The van der Waals surface area contributed by atoms with E-state index in [1.165, 1.54) is 11.1 Å². The maximum atomic E-state index is 5.56. The number of rotatable bonds is 6. The van der Waals surface area contributed by atoms with Crippen molar-refractivity contribution in [3.05, 3.63) is 35.4 Å². The van der Waals surface area contributed by atoms with E-state index in [1.807, 2.05) is 13.8 Å². The topological polar surface area (TPSA) is 18.5 Å². The second kappa shape index (κ2) is 6.91. The summed E-state index contributed by atoms with van der Waals surface area (Å²) in [7, 11) is 0. The highest BCUT2D eigenvalue weighted by Gasteiger charge is 2.14. The van der Waals surface area contributed by atoms with E-state index in [9.17, 15) is 0 Å². The minimum absolute atomic E-state index is 0.125. The highest BCUT2D eigenvalue weighted by Crippen LogP contribution is 2.22. The number of hydrogen-bond acceptors (Lipinski definition) is 2. The third-order valence-corrected chi connectivity index (χ3v) is 2.93. The van der Waals surface area contributed by atoms with Gasteiger partial charge in [0.2, 0.25) is 0 Å². The monoisotopic (exact) mass is 250 g/mol. The van der Waals surface area contributed by atoms with Gasteiger partial charge in [-0.15, -0.1) is 0 Å². The molecule has 18 heavy (non-hydrogen) atoms. The fraction of sp³-hybridized carbons (Fsp3) is 0.625. The maximum Gasteiger partial charge on any atom is 0.161 e. The first-order valence-electron chi connectivity index (χ1n) is 6.80. The van der Waals surface area contributed by atoms with Crippen molar-refractivity contribution in [1.29, 1.82) is 0 Å². The molecule has 0 amide bonds. The van der Waals surface area contributed by atoms with Gasteiger partial charge in [0.05, 0.1) is 0 Å². The van der Waals surface area contributed by atoms with Gasteiger partial charge in [0.25, 0.3) is 0 Å². The molecule has 0 unspecified atom stereocenters. The zero-order chi connectivity index (χ0) is 13.6. The molecule has 0 fully saturated rings.